The number of ether oxygens (including phenoxy) is 1. The zero-order valence-corrected chi connectivity index (χ0v) is 8.23. The van der Waals surface area contributed by atoms with Gasteiger partial charge in [0.05, 0.1) is 6.61 Å². The Morgan fingerprint density at radius 1 is 1.42 bits per heavy atom. The van der Waals surface area contributed by atoms with Crippen LogP contribution < -0.4 is 10.6 Å². The molecule has 0 atom stereocenters. The Bertz CT molecular complexity index is 146. The smallest absolute Gasteiger partial charge is 0.406 e. The maximum Gasteiger partial charge on any atom is 0.406 e. The second kappa shape index (κ2) is 4.98. The number of carbonyl (C=O) groups is 1. The van der Waals surface area contributed by atoms with E-state index in [-0.39, 0.29) is 11.5 Å². The lowest BCUT2D eigenvalue weighted by molar-refractivity contribution is 0.101. The number of hydrogen-bond acceptors (Lipinski definition) is 3. The largest absolute Gasteiger partial charge is 0.449 e. The number of hydrogen-bond donors (Lipinski definition) is 2. The third kappa shape index (κ3) is 4.96. The molecule has 0 fully saturated rings. The summed E-state index contributed by atoms with van der Waals surface area (Å²) >= 11 is 0. The van der Waals surface area contributed by atoms with Gasteiger partial charge in [-0.25, -0.2) is 4.79 Å². The van der Waals surface area contributed by atoms with Gasteiger partial charge >= 0.3 is 6.09 Å². The first kappa shape index (κ1) is 11.2. The van der Waals surface area contributed by atoms with Crippen molar-refractivity contribution in [2.45, 2.75) is 13.8 Å². The molecule has 0 unspecified atom stereocenters. The van der Waals surface area contributed by atoms with Crippen LogP contribution in [0.2, 0.25) is 0 Å². The minimum atomic E-state index is -0.376. The molecule has 0 heterocycles. The van der Waals surface area contributed by atoms with E-state index < -0.39 is 0 Å². The number of nitrogens with one attached hydrogen (secondary N) is 2. The molecule has 0 aromatic heterocycles. The maximum atomic E-state index is 10.7. The van der Waals surface area contributed by atoms with Crippen molar-refractivity contribution in [3.8, 4) is 0 Å². The number of rotatable bonds is 4. The first-order valence-corrected chi connectivity index (χ1v) is 4.01. The first-order valence-electron chi connectivity index (χ1n) is 4.01. The minimum absolute atomic E-state index is 0.0126. The molecule has 1 amide bonds. The van der Waals surface area contributed by atoms with Crippen molar-refractivity contribution in [1.29, 1.82) is 0 Å². The first-order chi connectivity index (χ1) is 5.52. The summed E-state index contributed by atoms with van der Waals surface area (Å²) in [4.78, 5) is 10.7. The molecule has 0 aromatic rings. The molecule has 0 saturated heterocycles. The van der Waals surface area contributed by atoms with E-state index >= 15 is 0 Å². The molecule has 0 spiro atoms. The fourth-order valence-electron chi connectivity index (χ4n) is 0.863. The zero-order chi connectivity index (χ0) is 9.61. The number of carbonyl (C=O) groups excluding carboxylic acids is 1. The van der Waals surface area contributed by atoms with Gasteiger partial charge in [-0.3, -0.25) is 0 Å². The normalized spacial score (nSPS) is 11.0. The molecule has 2 N–H and O–H groups in total. The van der Waals surface area contributed by atoms with E-state index in [1.165, 1.54) is 0 Å². The van der Waals surface area contributed by atoms with Crippen LogP contribution in [-0.2, 0) is 4.74 Å². The van der Waals surface area contributed by atoms with Gasteiger partial charge in [0, 0.05) is 19.0 Å². The van der Waals surface area contributed by atoms with Gasteiger partial charge in [-0.2, -0.15) is 0 Å². The number of alkyl carbamates (subject to hydrolysis) is 1. The second-order valence-electron chi connectivity index (χ2n) is 3.52. The summed E-state index contributed by atoms with van der Waals surface area (Å²) < 4.78 is 4.92. The Kier molecular flexibility index (Phi) is 4.66. The monoisotopic (exact) mass is 174 g/mol. The highest BCUT2D eigenvalue weighted by molar-refractivity contribution is 5.66. The van der Waals surface area contributed by atoms with Gasteiger partial charge in [-0.15, -0.1) is 0 Å². The molecule has 0 bridgehead atoms. The summed E-state index contributed by atoms with van der Waals surface area (Å²) in [5.41, 5.74) is -0.0126. The quantitative estimate of drug-likeness (QED) is 0.655. The van der Waals surface area contributed by atoms with Crippen molar-refractivity contribution in [3.63, 3.8) is 0 Å². The van der Waals surface area contributed by atoms with Crippen LogP contribution in [0, 0.1) is 5.41 Å². The van der Waals surface area contributed by atoms with Crippen LogP contribution in [0.3, 0.4) is 0 Å². The van der Waals surface area contributed by atoms with Crippen LogP contribution in [0.25, 0.3) is 0 Å². The van der Waals surface area contributed by atoms with Crippen LogP contribution in [0.5, 0.6) is 0 Å². The maximum absolute atomic E-state index is 10.7. The summed E-state index contributed by atoms with van der Waals surface area (Å²) in [6.45, 7) is 5.32. The van der Waals surface area contributed by atoms with Gasteiger partial charge in [0.1, 0.15) is 0 Å². The molecule has 72 valence electrons. The Morgan fingerprint density at radius 3 is 2.42 bits per heavy atom. The summed E-state index contributed by atoms with van der Waals surface area (Å²) in [7, 11) is 3.43. The Hall–Kier alpha value is -0.770. The molecule has 0 aliphatic heterocycles. The van der Waals surface area contributed by atoms with Crippen LogP contribution in [0.15, 0.2) is 0 Å². The van der Waals surface area contributed by atoms with Crippen molar-refractivity contribution < 1.29 is 9.53 Å². The molecule has 4 nitrogen and oxygen atoms in total. The van der Waals surface area contributed by atoms with E-state index in [9.17, 15) is 4.79 Å². The Balaban J connectivity index is 3.67. The summed E-state index contributed by atoms with van der Waals surface area (Å²) in [6.07, 6.45) is -0.376. The average Bonchev–Trinajstić information content (AvgIpc) is 2.00. The fourth-order valence-corrected chi connectivity index (χ4v) is 0.863. The van der Waals surface area contributed by atoms with Crippen molar-refractivity contribution in [3.05, 3.63) is 0 Å². The predicted molar refractivity (Wildman–Crippen MR) is 48.1 cm³/mol. The molecule has 0 aliphatic carbocycles. The fraction of sp³-hybridized carbons (Fsp3) is 0.875. The van der Waals surface area contributed by atoms with E-state index in [2.05, 4.69) is 10.6 Å². The van der Waals surface area contributed by atoms with Crippen molar-refractivity contribution in [2.75, 3.05) is 27.2 Å². The SMILES string of the molecule is CNCC(C)(C)COC(=O)NC. The highest BCUT2D eigenvalue weighted by Gasteiger charge is 2.18. The molecular formula is C8H18N2O2. The van der Waals surface area contributed by atoms with E-state index in [0.29, 0.717) is 6.61 Å². The molecular weight excluding hydrogens is 156 g/mol. The summed E-state index contributed by atoms with van der Waals surface area (Å²) in [5, 5.41) is 5.44. The Morgan fingerprint density at radius 2 is 2.00 bits per heavy atom. The standard InChI is InChI=1S/C8H18N2O2/c1-8(2,5-9-3)6-12-7(11)10-4/h9H,5-6H2,1-4H3,(H,10,11). The topological polar surface area (TPSA) is 50.4 Å². The third-order valence-corrected chi connectivity index (χ3v) is 1.45. The molecule has 12 heavy (non-hydrogen) atoms. The molecule has 0 saturated carbocycles. The van der Waals surface area contributed by atoms with Crippen molar-refractivity contribution in [1.82, 2.24) is 10.6 Å². The molecule has 0 aliphatic rings. The minimum Gasteiger partial charge on any atom is -0.449 e. The lowest BCUT2D eigenvalue weighted by Crippen LogP contribution is -2.33. The van der Waals surface area contributed by atoms with Crippen LogP contribution in [0.4, 0.5) is 4.79 Å². The van der Waals surface area contributed by atoms with Gasteiger partial charge in [-0.1, -0.05) is 13.8 Å². The molecule has 4 heteroatoms. The van der Waals surface area contributed by atoms with Crippen LogP contribution >= 0.6 is 0 Å². The van der Waals surface area contributed by atoms with E-state index in [0.717, 1.165) is 6.54 Å². The summed E-state index contributed by atoms with van der Waals surface area (Å²) in [5.74, 6) is 0. The van der Waals surface area contributed by atoms with Crippen LogP contribution in [0.1, 0.15) is 13.8 Å². The lowest BCUT2D eigenvalue weighted by Gasteiger charge is -2.23. The van der Waals surface area contributed by atoms with Gasteiger partial charge in [0.2, 0.25) is 0 Å². The number of amides is 1. The highest BCUT2D eigenvalue weighted by atomic mass is 16.5. The van der Waals surface area contributed by atoms with E-state index in [1.54, 1.807) is 7.05 Å². The van der Waals surface area contributed by atoms with E-state index in [1.807, 2.05) is 20.9 Å². The molecule has 0 aromatic carbocycles. The highest BCUT2D eigenvalue weighted by Crippen LogP contribution is 2.13. The second-order valence-corrected chi connectivity index (χ2v) is 3.52. The van der Waals surface area contributed by atoms with Gasteiger partial charge in [0.15, 0.2) is 0 Å². The third-order valence-electron chi connectivity index (χ3n) is 1.45. The molecule has 0 rings (SSSR count). The zero-order valence-electron chi connectivity index (χ0n) is 8.23. The van der Waals surface area contributed by atoms with Crippen molar-refractivity contribution >= 4 is 6.09 Å². The van der Waals surface area contributed by atoms with Gasteiger partial charge in [0.25, 0.3) is 0 Å². The van der Waals surface area contributed by atoms with Crippen LogP contribution in [-0.4, -0.2) is 33.3 Å². The molecule has 0 radical (unpaired) electrons. The lowest BCUT2D eigenvalue weighted by atomic mass is 9.95. The van der Waals surface area contributed by atoms with E-state index in [4.69, 9.17) is 4.74 Å². The van der Waals surface area contributed by atoms with Gasteiger partial charge < -0.3 is 15.4 Å². The summed E-state index contributed by atoms with van der Waals surface area (Å²) in [6, 6.07) is 0. The predicted octanol–water partition coefficient (Wildman–Crippen LogP) is 0.588. The van der Waals surface area contributed by atoms with Crippen molar-refractivity contribution in [2.24, 2.45) is 5.41 Å². The Labute approximate surface area is 73.7 Å². The van der Waals surface area contributed by atoms with Gasteiger partial charge in [-0.05, 0) is 7.05 Å². The average molecular weight is 174 g/mol.